The first kappa shape index (κ1) is 11.2. The quantitative estimate of drug-likeness (QED) is 0.511. The van der Waals surface area contributed by atoms with Gasteiger partial charge in [0.2, 0.25) is 9.76 Å². The van der Waals surface area contributed by atoms with Crippen molar-refractivity contribution in [1.29, 1.82) is 0 Å². The van der Waals surface area contributed by atoms with Gasteiger partial charge in [-0.25, -0.2) is 0 Å². The Bertz CT molecular complexity index is 256. The molecule has 0 fully saturated rings. The van der Waals surface area contributed by atoms with E-state index in [1.165, 1.54) is 5.56 Å². The molecule has 1 nitrogen and oxygen atoms in total. The van der Waals surface area contributed by atoms with Crippen LogP contribution in [0.5, 0.6) is 0 Å². The van der Waals surface area contributed by atoms with Crippen LogP contribution in [0.1, 0.15) is 18.9 Å². The first-order valence-electron chi connectivity index (χ1n) is 4.99. The maximum Gasteiger partial charge on any atom is 0.229 e. The van der Waals surface area contributed by atoms with E-state index in [4.69, 9.17) is 4.43 Å². The van der Waals surface area contributed by atoms with Gasteiger partial charge < -0.3 is 4.43 Å². The fraction of sp³-hybridized carbons (Fsp3) is 0.333. The van der Waals surface area contributed by atoms with Crippen molar-refractivity contribution in [2.45, 2.75) is 19.4 Å². The summed E-state index contributed by atoms with van der Waals surface area (Å²) in [6.07, 6.45) is 5.48. The lowest BCUT2D eigenvalue weighted by atomic mass is 10.2. The molecule has 0 amide bonds. The van der Waals surface area contributed by atoms with E-state index in [-0.39, 0.29) is 0 Å². The van der Waals surface area contributed by atoms with E-state index in [2.05, 4.69) is 36.4 Å². The Morgan fingerprint density at radius 2 is 2.07 bits per heavy atom. The molecule has 0 aliphatic heterocycles. The van der Waals surface area contributed by atoms with Crippen LogP contribution in [0.25, 0.3) is 6.08 Å². The van der Waals surface area contributed by atoms with Crippen LogP contribution in [0.15, 0.2) is 36.4 Å². The second-order valence-electron chi connectivity index (χ2n) is 2.93. The summed E-state index contributed by atoms with van der Waals surface area (Å²) < 4.78 is 5.28. The number of hydrogen-bond acceptors (Lipinski definition) is 1. The fourth-order valence-corrected chi connectivity index (χ4v) is 1.73. The molecule has 0 spiro atoms. The van der Waals surface area contributed by atoms with E-state index in [0.29, 0.717) is 9.76 Å². The molecule has 14 heavy (non-hydrogen) atoms. The molecule has 1 aromatic carbocycles. The zero-order valence-corrected chi connectivity index (χ0v) is 9.57. The molecule has 0 aliphatic rings. The van der Waals surface area contributed by atoms with Crippen molar-refractivity contribution < 1.29 is 4.43 Å². The van der Waals surface area contributed by atoms with Gasteiger partial charge in [-0.1, -0.05) is 42.5 Å². The largest absolute Gasteiger partial charge is 0.418 e. The van der Waals surface area contributed by atoms with Crippen molar-refractivity contribution in [3.05, 3.63) is 42.0 Å². The van der Waals surface area contributed by atoms with E-state index in [1.54, 1.807) is 0 Å². The average molecular weight is 204 g/mol. The summed E-state index contributed by atoms with van der Waals surface area (Å²) in [5.74, 6) is 0. The molecule has 74 valence electrons. The number of allylic oxidation sites excluding steroid dienone is 1. The van der Waals surface area contributed by atoms with E-state index < -0.39 is 0 Å². The number of hydrogen-bond donors (Lipinski definition) is 0. The van der Waals surface area contributed by atoms with Crippen molar-refractivity contribution in [3.8, 4) is 0 Å². The highest BCUT2D eigenvalue weighted by Gasteiger charge is 1.87. The first-order valence-corrected chi connectivity index (χ1v) is 6.11. The van der Waals surface area contributed by atoms with Crippen molar-refractivity contribution in [3.63, 3.8) is 0 Å². The molecule has 1 rings (SSSR count). The normalized spacial score (nSPS) is 10.9. The Morgan fingerprint density at radius 1 is 1.29 bits per heavy atom. The molecule has 1 aromatic rings. The van der Waals surface area contributed by atoms with Crippen molar-refractivity contribution in [1.82, 2.24) is 0 Å². The van der Waals surface area contributed by atoms with Gasteiger partial charge in [0.25, 0.3) is 0 Å². The van der Waals surface area contributed by atoms with Crippen LogP contribution in [-0.2, 0) is 4.43 Å². The average Bonchev–Trinajstić information content (AvgIpc) is 2.25. The molecule has 0 N–H and O–H groups in total. The standard InChI is InChI=1S/C12H16OSi/c1-2-13-14-11-7-6-10-12-8-4-3-5-9-12/h3-6,8-10H,2,7,11H2,1H3. The molecule has 0 heterocycles. The SMILES string of the molecule is CCO[Si]CCC=Cc1ccccc1. The minimum Gasteiger partial charge on any atom is -0.418 e. The molecular weight excluding hydrogens is 188 g/mol. The van der Waals surface area contributed by atoms with Gasteiger partial charge in [-0.3, -0.25) is 0 Å². The molecule has 0 atom stereocenters. The van der Waals surface area contributed by atoms with Crippen LogP contribution >= 0.6 is 0 Å². The van der Waals surface area contributed by atoms with E-state index in [0.717, 1.165) is 19.1 Å². The summed E-state index contributed by atoms with van der Waals surface area (Å²) in [7, 11) is 0.649. The Labute approximate surface area is 88.7 Å². The maximum absolute atomic E-state index is 5.28. The zero-order valence-electron chi connectivity index (χ0n) is 8.57. The van der Waals surface area contributed by atoms with Crippen LogP contribution < -0.4 is 0 Å². The summed E-state index contributed by atoms with van der Waals surface area (Å²) in [4.78, 5) is 0. The zero-order chi connectivity index (χ0) is 10.1. The van der Waals surface area contributed by atoms with E-state index in [1.807, 2.05) is 13.0 Å². The minimum absolute atomic E-state index is 0.649. The summed E-state index contributed by atoms with van der Waals surface area (Å²) in [6.45, 7) is 2.87. The van der Waals surface area contributed by atoms with Crippen LogP contribution in [-0.4, -0.2) is 16.4 Å². The van der Waals surface area contributed by atoms with Crippen LogP contribution in [0, 0.1) is 0 Å². The molecule has 0 saturated carbocycles. The molecule has 0 aliphatic carbocycles. The third-order valence-corrected chi connectivity index (χ3v) is 2.75. The molecule has 2 radical (unpaired) electrons. The van der Waals surface area contributed by atoms with Gasteiger partial charge in [-0.05, 0) is 25.0 Å². The highest BCUT2D eigenvalue weighted by molar-refractivity contribution is 6.27. The maximum atomic E-state index is 5.28. The predicted molar refractivity (Wildman–Crippen MR) is 62.3 cm³/mol. The van der Waals surface area contributed by atoms with Crippen LogP contribution in [0.3, 0.4) is 0 Å². The topological polar surface area (TPSA) is 9.23 Å². The van der Waals surface area contributed by atoms with Crippen molar-refractivity contribution in [2.75, 3.05) is 6.61 Å². The highest BCUT2D eigenvalue weighted by atomic mass is 28.2. The van der Waals surface area contributed by atoms with Gasteiger partial charge in [0.1, 0.15) is 0 Å². The molecule has 0 unspecified atom stereocenters. The van der Waals surface area contributed by atoms with Crippen LogP contribution in [0.2, 0.25) is 6.04 Å². The summed E-state index contributed by atoms with van der Waals surface area (Å²) in [5.41, 5.74) is 1.27. The third kappa shape index (κ3) is 4.99. The minimum atomic E-state index is 0.649. The monoisotopic (exact) mass is 204 g/mol. The van der Waals surface area contributed by atoms with Gasteiger partial charge in [0.05, 0.1) is 0 Å². The number of rotatable bonds is 6. The second kappa shape index (κ2) is 7.53. The van der Waals surface area contributed by atoms with Gasteiger partial charge in [-0.2, -0.15) is 0 Å². The summed E-state index contributed by atoms with van der Waals surface area (Å²) >= 11 is 0. The Balaban J connectivity index is 2.15. The lowest BCUT2D eigenvalue weighted by Gasteiger charge is -1.95. The van der Waals surface area contributed by atoms with Gasteiger partial charge in [-0.15, -0.1) is 0 Å². The molecule has 0 saturated heterocycles. The lowest BCUT2D eigenvalue weighted by molar-refractivity contribution is 0.360. The van der Waals surface area contributed by atoms with Crippen molar-refractivity contribution >= 4 is 15.8 Å². The Hall–Kier alpha value is -0.863. The molecule has 0 bridgehead atoms. The van der Waals surface area contributed by atoms with Crippen LogP contribution in [0.4, 0.5) is 0 Å². The third-order valence-electron chi connectivity index (χ3n) is 1.77. The van der Waals surface area contributed by atoms with E-state index >= 15 is 0 Å². The van der Waals surface area contributed by atoms with Crippen molar-refractivity contribution in [2.24, 2.45) is 0 Å². The summed E-state index contributed by atoms with van der Waals surface area (Å²) in [6, 6.07) is 11.5. The van der Waals surface area contributed by atoms with Gasteiger partial charge in [0, 0.05) is 6.61 Å². The van der Waals surface area contributed by atoms with Gasteiger partial charge >= 0.3 is 0 Å². The molecule has 0 aromatic heterocycles. The summed E-state index contributed by atoms with van der Waals surface area (Å²) in [5, 5.41) is 0. The first-order chi connectivity index (χ1) is 6.93. The predicted octanol–water partition coefficient (Wildman–Crippen LogP) is 3.16. The Kier molecular flexibility index (Phi) is 6.03. The number of benzene rings is 1. The second-order valence-corrected chi connectivity index (χ2v) is 4.01. The highest BCUT2D eigenvalue weighted by Crippen LogP contribution is 2.02. The Morgan fingerprint density at radius 3 is 2.79 bits per heavy atom. The molecule has 2 heteroatoms. The molecular formula is C12H16OSi. The lowest BCUT2D eigenvalue weighted by Crippen LogP contribution is -1.95. The smallest absolute Gasteiger partial charge is 0.229 e. The van der Waals surface area contributed by atoms with E-state index in [9.17, 15) is 0 Å². The fourth-order valence-electron chi connectivity index (χ4n) is 1.10. The van der Waals surface area contributed by atoms with Gasteiger partial charge in [0.15, 0.2) is 0 Å².